The van der Waals surface area contributed by atoms with Crippen LogP contribution in [0.4, 0.5) is 0 Å². The van der Waals surface area contributed by atoms with Crippen molar-refractivity contribution in [1.29, 1.82) is 0 Å². The van der Waals surface area contributed by atoms with Crippen molar-refractivity contribution in [2.45, 2.75) is 12.8 Å². The van der Waals surface area contributed by atoms with Crippen LogP contribution >= 0.6 is 0 Å². The van der Waals surface area contributed by atoms with Gasteiger partial charge in [-0.3, -0.25) is 14.1 Å². The zero-order valence-electron chi connectivity index (χ0n) is 9.44. The standard InChI is InChI=1S/C7H13N5.H2O4S.H2O/c8-7(9)12-3-1-2-6-10-4-5-11-6;1-5(2,3)4;/h4-5H,1-3H2,(H,10,11)(H4,8,9,12);(H2,1,2,3,4);1H2. The van der Waals surface area contributed by atoms with Crippen LogP contribution in [0.15, 0.2) is 17.4 Å². The number of aryl methyl sites for hydroxylation is 1. The number of imidazole rings is 1. The SMILES string of the molecule is NC(N)=NCCCc1ncc[nH]1.O.O=S(=O)(O)O. The predicted molar refractivity (Wildman–Crippen MR) is 65.4 cm³/mol. The molecule has 0 radical (unpaired) electrons. The second-order valence-corrected chi connectivity index (χ2v) is 3.79. The number of hydrogen-bond acceptors (Lipinski definition) is 4. The summed E-state index contributed by atoms with van der Waals surface area (Å²) in [6.45, 7) is 0.656. The van der Waals surface area contributed by atoms with Gasteiger partial charge >= 0.3 is 10.4 Å². The molecule has 1 rings (SSSR count). The van der Waals surface area contributed by atoms with Gasteiger partial charge in [-0.1, -0.05) is 0 Å². The van der Waals surface area contributed by atoms with Gasteiger partial charge in [-0.25, -0.2) is 4.98 Å². The summed E-state index contributed by atoms with van der Waals surface area (Å²) in [5.74, 6) is 1.12. The molecule has 9 N–H and O–H groups in total. The predicted octanol–water partition coefficient (Wildman–Crippen LogP) is -1.86. The Morgan fingerprint density at radius 2 is 2.00 bits per heavy atom. The maximum atomic E-state index is 8.74. The molecule has 106 valence electrons. The van der Waals surface area contributed by atoms with Crippen LogP contribution in [0.25, 0.3) is 0 Å². The lowest BCUT2D eigenvalue weighted by atomic mass is 10.3. The number of hydrogen-bond donors (Lipinski definition) is 5. The van der Waals surface area contributed by atoms with Crippen molar-refractivity contribution in [2.75, 3.05) is 6.54 Å². The fraction of sp³-hybridized carbons (Fsp3) is 0.429. The molecule has 1 aromatic heterocycles. The number of aliphatic imine (C=N–C) groups is 1. The fourth-order valence-corrected chi connectivity index (χ4v) is 0.889. The van der Waals surface area contributed by atoms with Crippen LogP contribution in [0.1, 0.15) is 12.2 Å². The summed E-state index contributed by atoms with van der Waals surface area (Å²) in [5.41, 5.74) is 10.3. The van der Waals surface area contributed by atoms with E-state index in [1.165, 1.54) is 0 Å². The zero-order valence-corrected chi connectivity index (χ0v) is 10.3. The van der Waals surface area contributed by atoms with Crippen molar-refractivity contribution in [3.8, 4) is 0 Å². The van der Waals surface area contributed by atoms with Gasteiger partial charge in [-0.05, 0) is 6.42 Å². The number of aromatic nitrogens is 2. The Hall–Kier alpha value is -1.69. The Balaban J connectivity index is 0. The fourth-order valence-electron chi connectivity index (χ4n) is 0.889. The van der Waals surface area contributed by atoms with Gasteiger partial charge < -0.3 is 21.9 Å². The van der Waals surface area contributed by atoms with Crippen molar-refractivity contribution in [1.82, 2.24) is 9.97 Å². The van der Waals surface area contributed by atoms with E-state index in [2.05, 4.69) is 15.0 Å². The maximum Gasteiger partial charge on any atom is 0.394 e. The summed E-state index contributed by atoms with van der Waals surface area (Å²) in [7, 11) is -4.67. The van der Waals surface area contributed by atoms with E-state index in [0.717, 1.165) is 18.7 Å². The van der Waals surface area contributed by atoms with Gasteiger partial charge in [0.05, 0.1) is 0 Å². The molecule has 0 amide bonds. The van der Waals surface area contributed by atoms with E-state index < -0.39 is 10.4 Å². The lowest BCUT2D eigenvalue weighted by Crippen LogP contribution is -2.23. The van der Waals surface area contributed by atoms with E-state index in [1.54, 1.807) is 12.4 Å². The number of nitrogens with zero attached hydrogens (tertiary/aromatic N) is 2. The number of nitrogens with one attached hydrogen (secondary N) is 1. The monoisotopic (exact) mass is 283 g/mol. The van der Waals surface area contributed by atoms with Crippen LogP contribution in [0.3, 0.4) is 0 Å². The van der Waals surface area contributed by atoms with E-state index >= 15 is 0 Å². The van der Waals surface area contributed by atoms with E-state index in [9.17, 15) is 0 Å². The van der Waals surface area contributed by atoms with Gasteiger partial charge in [0.15, 0.2) is 5.96 Å². The minimum Gasteiger partial charge on any atom is -0.412 e. The molecule has 0 spiro atoms. The highest BCUT2D eigenvalue weighted by Crippen LogP contribution is 1.94. The Kier molecular flexibility index (Phi) is 9.70. The average molecular weight is 283 g/mol. The van der Waals surface area contributed by atoms with Gasteiger partial charge in [0, 0.05) is 25.4 Å². The molecule has 0 aliphatic rings. The third-order valence-corrected chi connectivity index (χ3v) is 1.42. The van der Waals surface area contributed by atoms with Gasteiger partial charge in [0.1, 0.15) is 5.82 Å². The lowest BCUT2D eigenvalue weighted by Gasteiger charge is -1.94. The molecule has 0 aromatic carbocycles. The number of aromatic amines is 1. The van der Waals surface area contributed by atoms with Crippen molar-refractivity contribution in [3.63, 3.8) is 0 Å². The normalized spacial score (nSPS) is 9.67. The molecule has 1 aromatic rings. The topological polar surface area (TPSA) is 199 Å². The van der Waals surface area contributed by atoms with E-state index in [1.807, 2.05) is 0 Å². The molecule has 0 bridgehead atoms. The van der Waals surface area contributed by atoms with Crippen molar-refractivity contribution in [2.24, 2.45) is 16.5 Å². The van der Waals surface area contributed by atoms with Crippen LogP contribution in [0.5, 0.6) is 0 Å². The van der Waals surface area contributed by atoms with Crippen LogP contribution in [0, 0.1) is 0 Å². The Morgan fingerprint density at radius 3 is 2.39 bits per heavy atom. The molecule has 11 heteroatoms. The highest BCUT2D eigenvalue weighted by Gasteiger charge is 1.92. The summed E-state index contributed by atoms with van der Waals surface area (Å²) >= 11 is 0. The molecule has 18 heavy (non-hydrogen) atoms. The Morgan fingerprint density at radius 1 is 1.44 bits per heavy atom. The number of guanidine groups is 1. The largest absolute Gasteiger partial charge is 0.412 e. The first-order valence-electron chi connectivity index (χ1n) is 4.52. The third kappa shape index (κ3) is 16.7. The second kappa shape index (κ2) is 9.35. The summed E-state index contributed by atoms with van der Waals surface area (Å²) in [4.78, 5) is 10.9. The van der Waals surface area contributed by atoms with Gasteiger partial charge in [-0.15, -0.1) is 0 Å². The molecule has 0 aliphatic heterocycles. The molecule has 0 aliphatic carbocycles. The average Bonchev–Trinajstić information content (AvgIpc) is 2.61. The minimum absolute atomic E-state index is 0. The first-order chi connectivity index (χ1) is 7.79. The summed E-state index contributed by atoms with van der Waals surface area (Å²) in [5, 5.41) is 0. The molecule has 0 fully saturated rings. The second-order valence-electron chi connectivity index (χ2n) is 2.89. The highest BCUT2D eigenvalue weighted by atomic mass is 32.3. The van der Waals surface area contributed by atoms with Crippen LogP contribution in [-0.2, 0) is 16.8 Å². The number of rotatable bonds is 4. The molecular weight excluding hydrogens is 266 g/mol. The molecule has 1 heterocycles. The lowest BCUT2D eigenvalue weighted by molar-refractivity contribution is 0.381. The third-order valence-electron chi connectivity index (χ3n) is 1.42. The van der Waals surface area contributed by atoms with Gasteiger partial charge in [0.25, 0.3) is 0 Å². The molecule has 0 saturated heterocycles. The van der Waals surface area contributed by atoms with Crippen LogP contribution in [-0.4, -0.2) is 45.5 Å². The van der Waals surface area contributed by atoms with E-state index in [4.69, 9.17) is 29.0 Å². The molecule has 0 atom stereocenters. The maximum absolute atomic E-state index is 8.74. The highest BCUT2D eigenvalue weighted by molar-refractivity contribution is 7.79. The quantitative estimate of drug-likeness (QED) is 0.184. The van der Waals surface area contributed by atoms with Crippen molar-refractivity contribution < 1.29 is 23.0 Å². The first-order valence-corrected chi connectivity index (χ1v) is 5.92. The van der Waals surface area contributed by atoms with Crippen molar-refractivity contribution >= 4 is 16.4 Å². The van der Waals surface area contributed by atoms with Gasteiger partial charge in [0.2, 0.25) is 0 Å². The summed E-state index contributed by atoms with van der Waals surface area (Å²) < 4.78 is 31.6. The smallest absolute Gasteiger partial charge is 0.394 e. The van der Waals surface area contributed by atoms with Crippen molar-refractivity contribution in [3.05, 3.63) is 18.2 Å². The van der Waals surface area contributed by atoms with Crippen LogP contribution in [0.2, 0.25) is 0 Å². The van der Waals surface area contributed by atoms with Gasteiger partial charge in [-0.2, -0.15) is 8.42 Å². The minimum atomic E-state index is -4.67. The van der Waals surface area contributed by atoms with Crippen LogP contribution < -0.4 is 11.5 Å². The molecule has 0 saturated carbocycles. The molecule has 0 unspecified atom stereocenters. The number of nitrogens with two attached hydrogens (primary N) is 2. The zero-order chi connectivity index (χ0) is 13.3. The first kappa shape index (κ1) is 18.7. The number of H-pyrrole nitrogens is 1. The van der Waals surface area contributed by atoms with E-state index in [0.29, 0.717) is 6.54 Å². The Labute approximate surface area is 104 Å². The summed E-state index contributed by atoms with van der Waals surface area (Å²) in [6, 6.07) is 0. The summed E-state index contributed by atoms with van der Waals surface area (Å²) in [6.07, 6.45) is 5.32. The molecular formula is C7H17N5O5S. The van der Waals surface area contributed by atoms with E-state index in [-0.39, 0.29) is 11.4 Å². The molecule has 10 nitrogen and oxygen atoms in total. The Bertz CT molecular complexity index is 417.